The molecule has 0 aliphatic heterocycles. The maximum atomic E-state index is 12.6. The molecule has 0 aliphatic carbocycles. The van der Waals surface area contributed by atoms with Gasteiger partial charge in [-0.2, -0.15) is 0 Å². The van der Waals surface area contributed by atoms with Gasteiger partial charge in [0, 0.05) is 5.56 Å². The van der Waals surface area contributed by atoms with Crippen LogP contribution < -0.4 is 4.74 Å². The molecule has 2 aromatic carbocycles. The van der Waals surface area contributed by atoms with E-state index in [1.165, 1.54) is 0 Å². The maximum absolute atomic E-state index is 12.6. The Bertz CT molecular complexity index is 409. The molecule has 0 saturated heterocycles. The van der Waals surface area contributed by atoms with Crippen LogP contribution in [0.2, 0.25) is 0 Å². The van der Waals surface area contributed by atoms with E-state index in [4.69, 9.17) is 4.74 Å². The zero-order valence-electron chi connectivity index (χ0n) is 7.96. The Labute approximate surface area is 82.1 Å². The lowest BCUT2D eigenvalue weighted by atomic mass is 10.1. The third kappa shape index (κ3) is 1.43. The Morgan fingerprint density at radius 1 is 1.14 bits per heavy atom. The van der Waals surface area contributed by atoms with Crippen molar-refractivity contribution in [2.75, 3.05) is 7.11 Å². The van der Waals surface area contributed by atoms with Gasteiger partial charge in [0.2, 0.25) is 0 Å². The minimum absolute atomic E-state index is 0.492. The normalized spacial score (nSPS) is 10.4. The molecular formula is C12H11FO. The number of rotatable bonds is 2. The number of halogens is 1. The van der Waals surface area contributed by atoms with Gasteiger partial charge in [0.25, 0.3) is 0 Å². The zero-order valence-corrected chi connectivity index (χ0v) is 7.96. The Morgan fingerprint density at radius 3 is 2.36 bits per heavy atom. The minimum atomic E-state index is -0.492. The second-order valence-electron chi connectivity index (χ2n) is 3.14. The number of methoxy groups -OCH3 is 1. The monoisotopic (exact) mass is 190 g/mol. The summed E-state index contributed by atoms with van der Waals surface area (Å²) in [6.45, 7) is -0.492. The quantitative estimate of drug-likeness (QED) is 0.705. The van der Waals surface area contributed by atoms with Crippen LogP contribution in [0.25, 0.3) is 10.8 Å². The van der Waals surface area contributed by atoms with E-state index < -0.39 is 6.67 Å². The van der Waals surface area contributed by atoms with Crippen molar-refractivity contribution in [1.29, 1.82) is 0 Å². The molecule has 0 heterocycles. The molecule has 0 radical (unpaired) electrons. The van der Waals surface area contributed by atoms with Gasteiger partial charge in [0.15, 0.2) is 0 Å². The number of benzene rings is 2. The van der Waals surface area contributed by atoms with Gasteiger partial charge in [-0.1, -0.05) is 24.3 Å². The molecule has 0 N–H and O–H groups in total. The molecule has 0 unspecified atom stereocenters. The van der Waals surface area contributed by atoms with E-state index >= 15 is 0 Å². The van der Waals surface area contributed by atoms with Crippen molar-refractivity contribution in [3.05, 3.63) is 42.0 Å². The Hall–Kier alpha value is -1.57. The van der Waals surface area contributed by atoms with Crippen molar-refractivity contribution in [3.63, 3.8) is 0 Å². The molecule has 0 spiro atoms. The summed E-state index contributed by atoms with van der Waals surface area (Å²) in [5.74, 6) is 0.617. The smallest absolute Gasteiger partial charge is 0.125 e. The average molecular weight is 190 g/mol. The van der Waals surface area contributed by atoms with Crippen molar-refractivity contribution in [2.24, 2.45) is 0 Å². The van der Waals surface area contributed by atoms with Gasteiger partial charge >= 0.3 is 0 Å². The highest BCUT2D eigenvalue weighted by Crippen LogP contribution is 2.26. The van der Waals surface area contributed by atoms with Crippen LogP contribution in [0.1, 0.15) is 5.56 Å². The fourth-order valence-corrected chi connectivity index (χ4v) is 1.56. The second-order valence-corrected chi connectivity index (χ2v) is 3.14. The first kappa shape index (κ1) is 9.00. The number of alkyl halides is 1. The lowest BCUT2D eigenvalue weighted by Crippen LogP contribution is -1.89. The van der Waals surface area contributed by atoms with Crippen molar-refractivity contribution in [3.8, 4) is 5.75 Å². The Morgan fingerprint density at radius 2 is 1.79 bits per heavy atom. The van der Waals surface area contributed by atoms with Crippen molar-refractivity contribution >= 4 is 10.8 Å². The van der Waals surface area contributed by atoms with Crippen LogP contribution in [0.3, 0.4) is 0 Å². The van der Waals surface area contributed by atoms with Gasteiger partial charge < -0.3 is 4.74 Å². The van der Waals surface area contributed by atoms with Crippen LogP contribution in [0.4, 0.5) is 4.39 Å². The van der Waals surface area contributed by atoms with E-state index in [0.717, 1.165) is 10.8 Å². The van der Waals surface area contributed by atoms with E-state index in [1.54, 1.807) is 7.11 Å². The molecule has 2 rings (SSSR count). The molecule has 0 bridgehead atoms. The van der Waals surface area contributed by atoms with E-state index in [0.29, 0.717) is 11.3 Å². The first-order chi connectivity index (χ1) is 6.85. The van der Waals surface area contributed by atoms with Crippen molar-refractivity contribution in [2.45, 2.75) is 6.67 Å². The van der Waals surface area contributed by atoms with Crippen LogP contribution in [0, 0.1) is 0 Å². The van der Waals surface area contributed by atoms with Crippen LogP contribution >= 0.6 is 0 Å². The highest BCUT2D eigenvalue weighted by atomic mass is 19.1. The lowest BCUT2D eigenvalue weighted by Gasteiger charge is -2.07. The highest BCUT2D eigenvalue weighted by Gasteiger charge is 2.04. The van der Waals surface area contributed by atoms with E-state index in [9.17, 15) is 4.39 Å². The van der Waals surface area contributed by atoms with E-state index in [-0.39, 0.29) is 0 Å². The minimum Gasteiger partial charge on any atom is -0.496 e. The van der Waals surface area contributed by atoms with Crippen molar-refractivity contribution < 1.29 is 9.13 Å². The summed E-state index contributed by atoms with van der Waals surface area (Å²) in [6.07, 6.45) is 0. The topological polar surface area (TPSA) is 9.23 Å². The standard InChI is InChI=1S/C12H11FO/c1-14-12-7-10-5-3-2-4-9(10)6-11(12)8-13/h2-7H,8H2,1H3. The largest absolute Gasteiger partial charge is 0.496 e. The number of hydrogen-bond acceptors (Lipinski definition) is 1. The third-order valence-corrected chi connectivity index (χ3v) is 2.29. The Balaban J connectivity index is 2.69. The van der Waals surface area contributed by atoms with Gasteiger partial charge in [-0.25, -0.2) is 4.39 Å². The molecule has 0 aromatic heterocycles. The molecule has 1 nitrogen and oxygen atoms in total. The highest BCUT2D eigenvalue weighted by molar-refractivity contribution is 5.84. The first-order valence-electron chi connectivity index (χ1n) is 4.47. The average Bonchev–Trinajstić information content (AvgIpc) is 2.27. The molecule has 0 fully saturated rings. The van der Waals surface area contributed by atoms with Gasteiger partial charge in [0.1, 0.15) is 12.4 Å². The van der Waals surface area contributed by atoms with Gasteiger partial charge in [-0.3, -0.25) is 0 Å². The third-order valence-electron chi connectivity index (χ3n) is 2.29. The summed E-state index contributed by atoms with van der Waals surface area (Å²) < 4.78 is 17.7. The summed E-state index contributed by atoms with van der Waals surface area (Å²) in [4.78, 5) is 0. The zero-order chi connectivity index (χ0) is 9.97. The molecule has 72 valence electrons. The molecular weight excluding hydrogens is 179 g/mol. The van der Waals surface area contributed by atoms with E-state index in [1.807, 2.05) is 36.4 Å². The summed E-state index contributed by atoms with van der Waals surface area (Å²) in [6, 6.07) is 11.5. The number of ether oxygens (including phenoxy) is 1. The molecule has 0 saturated carbocycles. The second kappa shape index (κ2) is 3.66. The summed E-state index contributed by atoms with van der Waals surface area (Å²) in [5.41, 5.74) is 0.603. The molecule has 0 amide bonds. The van der Waals surface area contributed by atoms with E-state index in [2.05, 4.69) is 0 Å². The predicted octanol–water partition coefficient (Wildman–Crippen LogP) is 3.32. The predicted molar refractivity (Wildman–Crippen MR) is 55.3 cm³/mol. The van der Waals surface area contributed by atoms with Crippen LogP contribution in [0.5, 0.6) is 5.75 Å². The molecule has 14 heavy (non-hydrogen) atoms. The molecule has 2 aromatic rings. The molecule has 0 aliphatic rings. The summed E-state index contributed by atoms with van der Waals surface area (Å²) in [7, 11) is 1.56. The Kier molecular flexibility index (Phi) is 2.35. The summed E-state index contributed by atoms with van der Waals surface area (Å²) >= 11 is 0. The SMILES string of the molecule is COc1cc2ccccc2cc1CF. The lowest BCUT2D eigenvalue weighted by molar-refractivity contribution is 0.395. The van der Waals surface area contributed by atoms with Gasteiger partial charge in [0.05, 0.1) is 7.11 Å². The van der Waals surface area contributed by atoms with Crippen LogP contribution in [0.15, 0.2) is 36.4 Å². The van der Waals surface area contributed by atoms with Crippen LogP contribution in [-0.2, 0) is 6.67 Å². The van der Waals surface area contributed by atoms with Gasteiger partial charge in [-0.15, -0.1) is 0 Å². The fraction of sp³-hybridized carbons (Fsp3) is 0.167. The van der Waals surface area contributed by atoms with Gasteiger partial charge in [-0.05, 0) is 22.9 Å². The fourth-order valence-electron chi connectivity index (χ4n) is 1.56. The molecule has 0 atom stereocenters. The first-order valence-corrected chi connectivity index (χ1v) is 4.47. The van der Waals surface area contributed by atoms with Crippen molar-refractivity contribution in [1.82, 2.24) is 0 Å². The number of hydrogen-bond donors (Lipinski definition) is 0. The number of fused-ring (bicyclic) bond motifs is 1. The van der Waals surface area contributed by atoms with Crippen LogP contribution in [-0.4, -0.2) is 7.11 Å². The molecule has 2 heteroatoms. The maximum Gasteiger partial charge on any atom is 0.125 e. The summed E-state index contributed by atoms with van der Waals surface area (Å²) in [5, 5.41) is 2.11.